The summed E-state index contributed by atoms with van der Waals surface area (Å²) >= 11 is 34.9. The summed E-state index contributed by atoms with van der Waals surface area (Å²) in [6.07, 6.45) is 11.2. The van der Waals surface area contributed by atoms with E-state index >= 15 is 0 Å². The summed E-state index contributed by atoms with van der Waals surface area (Å²) in [5.74, 6) is 0. The Morgan fingerprint density at radius 2 is 0.889 bits per heavy atom. The van der Waals surface area contributed by atoms with Crippen LogP contribution in [0.5, 0.6) is 0 Å². The summed E-state index contributed by atoms with van der Waals surface area (Å²) in [7, 11) is 0. The van der Waals surface area contributed by atoms with Crippen molar-refractivity contribution in [1.82, 2.24) is 0 Å². The van der Waals surface area contributed by atoms with Gasteiger partial charge in [0, 0.05) is 0 Å². The molecule has 4 aromatic carbocycles. The Bertz CT molecular complexity index is 1880. The van der Waals surface area contributed by atoms with Crippen LogP contribution in [0.2, 0.25) is 20.3 Å². The monoisotopic (exact) mass is 1010 g/mol. The molecule has 0 saturated carbocycles. The molecule has 0 nitrogen and oxygen atoms in total. The van der Waals surface area contributed by atoms with Crippen molar-refractivity contribution in [2.24, 2.45) is 0 Å². The molecule has 6 rings (SSSR count). The quantitative estimate of drug-likeness (QED) is 0.0596. The summed E-state index contributed by atoms with van der Waals surface area (Å²) in [5, 5.41) is 0. The van der Waals surface area contributed by atoms with Crippen molar-refractivity contribution in [3.63, 3.8) is 0 Å². The fourth-order valence-electron chi connectivity index (χ4n) is 9.80. The van der Waals surface area contributed by atoms with E-state index in [-0.39, 0.29) is 24.8 Å². The number of hydrogen-bond acceptors (Lipinski definition) is 0. The predicted molar refractivity (Wildman–Crippen MR) is 253 cm³/mol. The normalized spacial score (nSPS) is 16.8. The fraction of sp³-hybridized carbons (Fsp3) is 0.333. The van der Waals surface area contributed by atoms with E-state index in [0.29, 0.717) is 19.3 Å². The van der Waals surface area contributed by atoms with Gasteiger partial charge < -0.3 is 0 Å². The second-order valence-corrected chi connectivity index (χ2v) is 60.3. The van der Waals surface area contributed by atoms with Gasteiger partial charge in [0.15, 0.2) is 0 Å². The molecule has 0 spiro atoms. The van der Waals surface area contributed by atoms with Gasteiger partial charge in [0.25, 0.3) is 0 Å². The first-order chi connectivity index (χ1) is 24.8. The predicted octanol–water partition coefficient (Wildman–Crippen LogP) is 16.2. The van der Waals surface area contributed by atoms with Gasteiger partial charge in [0.05, 0.1) is 0 Å². The molecule has 0 bridgehead atoms. The molecule has 0 N–H and O–H groups in total. The number of benzene rings is 4. The van der Waals surface area contributed by atoms with Crippen molar-refractivity contribution in [1.29, 1.82) is 0 Å². The van der Waals surface area contributed by atoms with Gasteiger partial charge >= 0.3 is 348 Å². The maximum atomic E-state index is 6.53. The van der Waals surface area contributed by atoms with Crippen molar-refractivity contribution in [3.8, 4) is 22.3 Å². The molecule has 0 aromatic heterocycles. The topological polar surface area (TPSA) is 0 Å². The van der Waals surface area contributed by atoms with Crippen molar-refractivity contribution < 1.29 is 17.4 Å². The van der Waals surface area contributed by atoms with Crippen molar-refractivity contribution in [2.45, 2.75) is 80.0 Å². The Hall–Kier alpha value is 0.214. The van der Waals surface area contributed by atoms with E-state index in [1.807, 2.05) is 0 Å². The number of rotatable bonds is 16. The molecule has 12 heteroatoms. The molecule has 2 aliphatic carbocycles. The number of halogens is 8. The van der Waals surface area contributed by atoms with E-state index in [2.05, 4.69) is 130 Å². The van der Waals surface area contributed by atoms with Crippen LogP contribution in [0.25, 0.3) is 34.4 Å². The second-order valence-electron chi connectivity index (χ2n) is 15.1. The van der Waals surface area contributed by atoms with Gasteiger partial charge in [-0.1, -0.05) is 0 Å². The van der Waals surface area contributed by atoms with Gasteiger partial charge in [-0.25, -0.2) is 0 Å². The average molecular weight is 1010 g/mol. The van der Waals surface area contributed by atoms with Gasteiger partial charge in [-0.05, 0) is 0 Å². The molecule has 0 saturated heterocycles. The maximum absolute atomic E-state index is 6.53. The minimum Gasteiger partial charge on any atom is -0.147 e. The number of fused-ring (bicyclic) bond motifs is 2. The first-order valence-electron chi connectivity index (χ1n) is 18.7. The standard InChI is InChI=1S/2C17H15.2C4H8Cl3Si.2ClH.H2Si.Zr/c2*1-2-13-11-15-9-6-10-16(17(15)12-13)14-7-4-3-5-8-14;2*1-2-3-4-8(5,6)7;;;;/h2*3-12H,2H2,1H3;2*1-4H2;2*1H;1H2;. The van der Waals surface area contributed by atoms with Crippen LogP contribution in [0.3, 0.4) is 0 Å². The molecule has 0 radical (unpaired) electrons. The third kappa shape index (κ3) is 10.1. The van der Waals surface area contributed by atoms with Crippen LogP contribution in [-0.4, -0.2) is 18.9 Å². The van der Waals surface area contributed by atoms with Gasteiger partial charge in [-0.15, -0.1) is 24.8 Å². The first kappa shape index (κ1) is 46.9. The first-order valence-corrected chi connectivity index (χ1v) is 41.4. The second kappa shape index (κ2) is 19.5. The number of unbranched alkanes of at least 4 members (excludes halogenated alkanes) is 2. The SMILES string of the molecule is CCC1=Cc2c(-c3ccccc3)cccc2[CH]1[Zr](=[SiH2])([CH2]CCC[Si](Cl)(Cl)Cl)([CH2]CCC[Si](Cl)(Cl)Cl)[CH]1C(CC)=Cc2c(-c3ccccc3)cccc21.Cl.Cl. The summed E-state index contributed by atoms with van der Waals surface area (Å²) < 4.78 is 3.19. The minimum atomic E-state index is -4.29. The molecule has 2 unspecified atom stereocenters. The Labute approximate surface area is 368 Å². The van der Waals surface area contributed by atoms with E-state index in [1.54, 1.807) is 11.1 Å². The summed E-state index contributed by atoms with van der Waals surface area (Å²) in [6.45, 7) is 7.24. The summed E-state index contributed by atoms with van der Waals surface area (Å²) in [5.41, 5.74) is 14.2. The van der Waals surface area contributed by atoms with Crippen LogP contribution in [0.1, 0.15) is 81.9 Å². The average Bonchev–Trinajstić information content (AvgIpc) is 3.72. The molecule has 0 aliphatic heterocycles. The minimum absolute atomic E-state index is 0. The largest absolute Gasteiger partial charge is 0.147 e. The van der Waals surface area contributed by atoms with Crippen LogP contribution >= 0.6 is 91.3 Å². The maximum Gasteiger partial charge on any atom is -0.147 e. The molecule has 290 valence electrons. The van der Waals surface area contributed by atoms with Crippen LogP contribution < -0.4 is 0 Å². The van der Waals surface area contributed by atoms with E-state index < -0.39 is 29.4 Å². The zero-order valence-corrected chi connectivity index (χ0v) is 43.0. The Morgan fingerprint density at radius 3 is 1.22 bits per heavy atom. The third-order valence-electron chi connectivity index (χ3n) is 11.9. The van der Waals surface area contributed by atoms with Gasteiger partial charge in [0.2, 0.25) is 0 Å². The molecule has 4 aromatic rings. The molecule has 54 heavy (non-hydrogen) atoms. The van der Waals surface area contributed by atoms with Crippen LogP contribution in [0.4, 0.5) is 0 Å². The molecule has 2 atom stereocenters. The Kier molecular flexibility index (Phi) is 17.0. The zero-order chi connectivity index (χ0) is 37.2. The summed E-state index contributed by atoms with van der Waals surface area (Å²) in [6, 6.07) is 31.8. The number of allylic oxidation sites excluding steroid dienone is 2. The molecule has 0 amide bonds. The fourth-order valence-corrected chi connectivity index (χ4v) is 43.8. The Morgan fingerprint density at radius 1 is 0.519 bits per heavy atom. The van der Waals surface area contributed by atoms with Crippen LogP contribution in [0, 0.1) is 0 Å². The van der Waals surface area contributed by atoms with Crippen LogP contribution in [-0.2, 0) is 17.4 Å². The van der Waals surface area contributed by atoms with Gasteiger partial charge in [-0.2, -0.15) is 0 Å². The van der Waals surface area contributed by atoms with Gasteiger partial charge in [0.1, 0.15) is 0 Å². The van der Waals surface area contributed by atoms with Crippen molar-refractivity contribution in [2.75, 3.05) is 0 Å². The van der Waals surface area contributed by atoms with E-state index in [9.17, 15) is 0 Å². The third-order valence-corrected chi connectivity index (χ3v) is 45.2. The van der Waals surface area contributed by atoms with E-state index in [0.717, 1.165) is 38.5 Å². The Balaban J connectivity index is 0.00000325. The summed E-state index contributed by atoms with van der Waals surface area (Å²) in [4.78, 5) is 0. The van der Waals surface area contributed by atoms with E-state index in [4.69, 9.17) is 66.5 Å². The smallest absolute Gasteiger partial charge is 0.147 e. The van der Waals surface area contributed by atoms with Crippen molar-refractivity contribution >= 4 is 122 Å². The van der Waals surface area contributed by atoms with Crippen molar-refractivity contribution in [3.05, 3.63) is 130 Å². The molecule has 2 aliphatic rings. The zero-order valence-electron chi connectivity index (χ0n) is 30.9. The van der Waals surface area contributed by atoms with Crippen LogP contribution in [0.15, 0.2) is 108 Å². The molecule has 0 fully saturated rings. The number of hydrogen-bond donors (Lipinski definition) is 0. The molecular weight excluding hydrogens is 964 g/mol. The molecule has 0 heterocycles. The van der Waals surface area contributed by atoms with Gasteiger partial charge in [-0.3, -0.25) is 0 Å². The van der Waals surface area contributed by atoms with E-state index in [1.165, 1.54) is 52.8 Å². The molecular formula is C42H50Cl8Si3Zr.